The molecule has 6 aromatic rings. The Labute approximate surface area is 396 Å². The molecule has 0 spiro atoms. The number of rotatable bonds is 31. The van der Waals surface area contributed by atoms with Gasteiger partial charge in [-0.15, -0.1) is 0 Å². The van der Waals surface area contributed by atoms with Gasteiger partial charge in [0.05, 0.1) is 47.9 Å². The lowest BCUT2D eigenvalue weighted by atomic mass is 10.0. The summed E-state index contributed by atoms with van der Waals surface area (Å²) in [7, 11) is 0. The van der Waals surface area contributed by atoms with Gasteiger partial charge in [0.1, 0.15) is 11.5 Å². The van der Waals surface area contributed by atoms with Crippen LogP contribution in [0.15, 0.2) is 134 Å². The first kappa shape index (κ1) is 49.2. The summed E-state index contributed by atoms with van der Waals surface area (Å²) in [5, 5.41) is 18.0. The largest absolute Gasteiger partial charge is 0.494 e. The zero-order chi connectivity index (χ0) is 45.7. The molecule has 6 heteroatoms. The van der Waals surface area contributed by atoms with Crippen molar-refractivity contribution in [3.63, 3.8) is 0 Å². The summed E-state index contributed by atoms with van der Waals surface area (Å²) in [4.78, 5) is 9.52. The minimum atomic E-state index is 0.681. The van der Waals surface area contributed by atoms with Crippen molar-refractivity contribution in [2.24, 2.45) is 0 Å². The number of pyridine rings is 2. The molecule has 0 amide bonds. The number of unbranched alkanes of at least 4 members (excludes halogenated alkanes) is 18. The number of aryl methyl sites for hydroxylation is 2. The van der Waals surface area contributed by atoms with E-state index in [9.17, 15) is 0 Å². The molecule has 66 heavy (non-hydrogen) atoms. The van der Waals surface area contributed by atoms with Gasteiger partial charge in [-0.05, 0) is 133 Å². The van der Waals surface area contributed by atoms with Gasteiger partial charge < -0.3 is 9.47 Å². The topological polar surface area (TPSA) is 91.8 Å². The van der Waals surface area contributed by atoms with Gasteiger partial charge >= 0.3 is 0 Å². The van der Waals surface area contributed by atoms with Gasteiger partial charge in [-0.1, -0.05) is 163 Å². The molecule has 2 aromatic heterocycles. The van der Waals surface area contributed by atoms with Gasteiger partial charge in [0.15, 0.2) is 0 Å². The molecule has 0 saturated carbocycles. The lowest BCUT2D eigenvalue weighted by Crippen LogP contribution is -1.97. The molecule has 342 valence electrons. The number of ether oxygens (including phenoxy) is 2. The third-order valence-electron chi connectivity index (χ3n) is 12.6. The van der Waals surface area contributed by atoms with Crippen molar-refractivity contribution >= 4 is 0 Å². The zero-order valence-electron chi connectivity index (χ0n) is 39.3. The number of nitriles is 2. The Morgan fingerprint density at radius 3 is 0.894 bits per heavy atom. The van der Waals surface area contributed by atoms with Crippen LogP contribution in [0.1, 0.15) is 151 Å². The number of hydrogen-bond acceptors (Lipinski definition) is 6. The van der Waals surface area contributed by atoms with Crippen LogP contribution in [0.4, 0.5) is 0 Å². The monoisotopic (exact) mass is 879 g/mol. The molecule has 4 aromatic carbocycles. The van der Waals surface area contributed by atoms with Crippen molar-refractivity contribution in [2.75, 3.05) is 13.2 Å². The first-order valence-corrected chi connectivity index (χ1v) is 25.0. The molecule has 0 aliphatic heterocycles. The average molecular weight is 879 g/mol. The Morgan fingerprint density at radius 2 is 0.606 bits per heavy atom. The third-order valence-corrected chi connectivity index (χ3v) is 12.6. The molecule has 0 aliphatic carbocycles. The highest BCUT2D eigenvalue weighted by Gasteiger charge is 2.05. The molecule has 0 bridgehead atoms. The van der Waals surface area contributed by atoms with Gasteiger partial charge in [-0.3, -0.25) is 9.97 Å². The van der Waals surface area contributed by atoms with Crippen LogP contribution >= 0.6 is 0 Å². The van der Waals surface area contributed by atoms with Crippen molar-refractivity contribution in [3.8, 4) is 57.3 Å². The highest BCUT2D eigenvalue weighted by atomic mass is 16.5. The fraction of sp³-hybridized carbons (Fsp3) is 0.400. The molecule has 0 atom stereocenters. The number of aromatic nitrogens is 2. The van der Waals surface area contributed by atoms with E-state index in [2.05, 4.69) is 60.7 Å². The molecule has 6 nitrogen and oxygen atoms in total. The van der Waals surface area contributed by atoms with E-state index in [1.165, 1.54) is 127 Å². The van der Waals surface area contributed by atoms with E-state index in [0.717, 1.165) is 84.0 Å². The Hall–Kier alpha value is -6.24. The van der Waals surface area contributed by atoms with Gasteiger partial charge in [-0.2, -0.15) is 10.5 Å². The number of hydrogen-bond donors (Lipinski definition) is 0. The van der Waals surface area contributed by atoms with Crippen LogP contribution in [0.25, 0.3) is 33.6 Å². The van der Waals surface area contributed by atoms with E-state index in [1.807, 2.05) is 85.2 Å². The highest BCUT2D eigenvalue weighted by Crippen LogP contribution is 2.25. The van der Waals surface area contributed by atoms with Gasteiger partial charge in [0.25, 0.3) is 0 Å². The van der Waals surface area contributed by atoms with Crippen LogP contribution in [0.5, 0.6) is 11.5 Å². The molecule has 2 heterocycles. The highest BCUT2D eigenvalue weighted by molar-refractivity contribution is 5.66. The van der Waals surface area contributed by atoms with Crippen LogP contribution < -0.4 is 9.47 Å². The van der Waals surface area contributed by atoms with Crippen LogP contribution in [0, 0.1) is 22.7 Å². The molecule has 0 fully saturated rings. The van der Waals surface area contributed by atoms with E-state index in [-0.39, 0.29) is 0 Å². The maximum absolute atomic E-state index is 9.00. The Morgan fingerprint density at radius 1 is 0.318 bits per heavy atom. The van der Waals surface area contributed by atoms with Crippen LogP contribution in [0.3, 0.4) is 0 Å². The maximum Gasteiger partial charge on any atom is 0.119 e. The van der Waals surface area contributed by atoms with Gasteiger partial charge in [0, 0.05) is 12.4 Å². The lowest BCUT2D eigenvalue weighted by Gasteiger charge is -2.08. The summed E-state index contributed by atoms with van der Waals surface area (Å²) in [6.45, 7) is 1.54. The van der Waals surface area contributed by atoms with Crippen molar-refractivity contribution in [1.82, 2.24) is 9.97 Å². The Bertz CT molecular complexity index is 2140. The Kier molecular flexibility index (Phi) is 21.9. The molecule has 0 saturated heterocycles. The van der Waals surface area contributed by atoms with E-state index in [4.69, 9.17) is 30.0 Å². The van der Waals surface area contributed by atoms with Crippen molar-refractivity contribution in [3.05, 3.63) is 156 Å². The summed E-state index contributed by atoms with van der Waals surface area (Å²) < 4.78 is 11.9. The molecule has 0 unspecified atom stereocenters. The fourth-order valence-corrected chi connectivity index (χ4v) is 8.48. The molecular weight excluding hydrogens is 809 g/mol. The van der Waals surface area contributed by atoms with Gasteiger partial charge in [-0.25, -0.2) is 0 Å². The van der Waals surface area contributed by atoms with Crippen molar-refractivity contribution in [1.29, 1.82) is 10.5 Å². The van der Waals surface area contributed by atoms with Crippen LogP contribution in [0.2, 0.25) is 0 Å². The third kappa shape index (κ3) is 18.0. The molecular formula is C60H70N4O2. The molecule has 0 radical (unpaired) electrons. The first-order chi connectivity index (χ1) is 32.7. The SMILES string of the molecule is N#Cc1ccc(-c2ccc(OCCCCCCCCCCCCc3ccc(-c4ccc(CCCCCCCCCCCCOc5ccc(-c6ccc(C#N)cc6)cc5)cn4)nc3)cc2)cc1. The second-order valence-electron chi connectivity index (χ2n) is 17.8. The molecule has 6 rings (SSSR count). The lowest BCUT2D eigenvalue weighted by molar-refractivity contribution is 0.304. The quantitative estimate of drug-likeness (QED) is 0.0404. The molecule has 0 aliphatic rings. The summed E-state index contributed by atoms with van der Waals surface area (Å²) >= 11 is 0. The Balaban J connectivity index is 0.691. The maximum atomic E-state index is 9.00. The van der Waals surface area contributed by atoms with E-state index in [0.29, 0.717) is 11.1 Å². The fourth-order valence-electron chi connectivity index (χ4n) is 8.48. The average Bonchev–Trinajstić information content (AvgIpc) is 3.37. The molecule has 0 N–H and O–H groups in total. The zero-order valence-corrected chi connectivity index (χ0v) is 39.3. The van der Waals surface area contributed by atoms with Gasteiger partial charge in [0.2, 0.25) is 0 Å². The standard InChI is InChI=1S/C60H70N4O2/c61-45-49-23-29-53(30-24-49)55-33-37-57(38-34-55)65-43-19-15-11-7-3-1-5-9-13-17-21-51-27-41-59(63-47-51)60-42-28-52(48-64-60)22-18-14-10-6-2-4-8-12-16-20-44-66-58-39-35-56(36-40-58)54-31-25-50(46-62)26-32-54/h23-42,47-48H,1-22,43-44H2. The summed E-state index contributed by atoms with van der Waals surface area (Å²) in [5.74, 6) is 1.84. The van der Waals surface area contributed by atoms with E-state index < -0.39 is 0 Å². The second kappa shape index (κ2) is 29.3. The minimum Gasteiger partial charge on any atom is -0.494 e. The summed E-state index contributed by atoms with van der Waals surface area (Å²) in [5.41, 5.74) is 10.4. The smallest absolute Gasteiger partial charge is 0.119 e. The predicted molar refractivity (Wildman–Crippen MR) is 271 cm³/mol. The number of nitrogens with zero attached hydrogens (tertiary/aromatic N) is 4. The van der Waals surface area contributed by atoms with Crippen molar-refractivity contribution in [2.45, 2.75) is 141 Å². The second-order valence-corrected chi connectivity index (χ2v) is 17.8. The van der Waals surface area contributed by atoms with E-state index in [1.54, 1.807) is 0 Å². The normalized spacial score (nSPS) is 10.9. The van der Waals surface area contributed by atoms with Crippen LogP contribution in [-0.2, 0) is 12.8 Å². The predicted octanol–water partition coefficient (Wildman–Crippen LogP) is 16.3. The number of benzene rings is 4. The minimum absolute atomic E-state index is 0.681. The van der Waals surface area contributed by atoms with E-state index >= 15 is 0 Å². The summed E-state index contributed by atoms with van der Waals surface area (Å²) in [6.07, 6.45) is 31.8. The first-order valence-electron chi connectivity index (χ1n) is 25.0. The van der Waals surface area contributed by atoms with Crippen LogP contribution in [-0.4, -0.2) is 23.2 Å². The van der Waals surface area contributed by atoms with Crippen molar-refractivity contribution < 1.29 is 9.47 Å². The summed E-state index contributed by atoms with van der Waals surface area (Å²) in [6, 6.07) is 44.9.